The molecule has 0 saturated carbocycles. The monoisotopic (exact) mass is 320 g/mol. The third kappa shape index (κ3) is 4.74. The van der Waals surface area contributed by atoms with E-state index in [1.54, 1.807) is 12.1 Å². The van der Waals surface area contributed by atoms with Gasteiger partial charge in [-0.3, -0.25) is 9.69 Å². The topological polar surface area (TPSA) is 65.7 Å². The number of rotatable bonds is 5. The van der Waals surface area contributed by atoms with Crippen molar-refractivity contribution in [1.29, 1.82) is 0 Å². The van der Waals surface area contributed by atoms with Crippen molar-refractivity contribution in [2.45, 2.75) is 25.1 Å². The molecule has 0 bridgehead atoms. The molecule has 2 unspecified atom stereocenters. The Morgan fingerprint density at radius 2 is 2.32 bits per heavy atom. The highest BCUT2D eigenvalue weighted by molar-refractivity contribution is 5.79. The van der Waals surface area contributed by atoms with Gasteiger partial charge in [0.25, 0.3) is 0 Å². The lowest BCUT2D eigenvalue weighted by Crippen LogP contribution is -2.46. The summed E-state index contributed by atoms with van der Waals surface area (Å²) in [4.78, 5) is 13.4. The Labute approximate surface area is 126 Å². The van der Waals surface area contributed by atoms with Gasteiger partial charge in [0.05, 0.1) is 25.3 Å². The summed E-state index contributed by atoms with van der Waals surface area (Å²) in [5.74, 6) is -0.457. The van der Waals surface area contributed by atoms with Crippen LogP contribution in [0.3, 0.4) is 0 Å². The highest BCUT2D eigenvalue weighted by atomic mass is 19.4. The summed E-state index contributed by atoms with van der Waals surface area (Å²) in [6, 6.07) is 2.58. The van der Waals surface area contributed by atoms with Crippen LogP contribution in [0.2, 0.25) is 0 Å². The summed E-state index contributed by atoms with van der Waals surface area (Å²) < 4.78 is 42.4. The number of aliphatic hydroxyl groups is 1. The smallest absolute Gasteiger partial charge is 0.401 e. The van der Waals surface area contributed by atoms with E-state index in [1.807, 2.05) is 0 Å². The quantitative estimate of drug-likeness (QED) is 0.867. The molecule has 0 aliphatic carbocycles. The summed E-state index contributed by atoms with van der Waals surface area (Å²) in [6.07, 6.45) is -1.76. The van der Waals surface area contributed by atoms with Crippen LogP contribution in [0.25, 0.3) is 0 Å². The molecule has 0 aromatic carbocycles. The van der Waals surface area contributed by atoms with E-state index in [9.17, 15) is 23.1 Å². The predicted molar refractivity (Wildman–Crippen MR) is 71.9 cm³/mol. The average Bonchev–Trinajstić information content (AvgIpc) is 2.97. The maximum absolute atomic E-state index is 12.4. The lowest BCUT2D eigenvalue weighted by atomic mass is 9.96. The number of hydrogen-bond acceptors (Lipinski definition) is 4. The van der Waals surface area contributed by atoms with E-state index in [1.165, 1.54) is 11.2 Å². The van der Waals surface area contributed by atoms with Crippen LogP contribution in [-0.2, 0) is 4.79 Å². The van der Waals surface area contributed by atoms with Crippen molar-refractivity contribution in [2.75, 3.05) is 26.2 Å². The summed E-state index contributed by atoms with van der Waals surface area (Å²) >= 11 is 0. The van der Waals surface area contributed by atoms with E-state index in [2.05, 4.69) is 5.32 Å². The molecule has 1 fully saturated rings. The van der Waals surface area contributed by atoms with E-state index in [4.69, 9.17) is 4.42 Å². The summed E-state index contributed by atoms with van der Waals surface area (Å²) in [5, 5.41) is 11.9. The Balaban J connectivity index is 1.91. The lowest BCUT2D eigenvalue weighted by molar-refractivity contribution is -0.152. The fourth-order valence-electron chi connectivity index (χ4n) is 2.65. The molecule has 0 radical (unpaired) electrons. The number of aliphatic hydroxyl groups excluding tert-OH is 1. The van der Waals surface area contributed by atoms with Crippen LogP contribution in [-0.4, -0.2) is 48.3 Å². The Morgan fingerprint density at radius 1 is 1.55 bits per heavy atom. The first kappa shape index (κ1) is 16.8. The molecule has 1 amide bonds. The van der Waals surface area contributed by atoms with Crippen LogP contribution in [0.4, 0.5) is 13.2 Å². The zero-order chi connectivity index (χ0) is 16.2. The molecule has 2 atom stereocenters. The van der Waals surface area contributed by atoms with Gasteiger partial charge in [-0.05, 0) is 31.5 Å². The van der Waals surface area contributed by atoms with Crippen molar-refractivity contribution in [1.82, 2.24) is 10.2 Å². The number of furan rings is 1. The molecular formula is C14H19F3N2O3. The highest BCUT2D eigenvalue weighted by Gasteiger charge is 2.35. The average molecular weight is 320 g/mol. The highest BCUT2D eigenvalue weighted by Crippen LogP contribution is 2.23. The number of carbonyl (C=O) groups excluding carboxylic acids is 1. The van der Waals surface area contributed by atoms with Crippen molar-refractivity contribution < 1.29 is 27.5 Å². The number of halogens is 3. The minimum absolute atomic E-state index is 0.0711. The number of hydrogen-bond donors (Lipinski definition) is 2. The number of nitrogens with zero attached hydrogens (tertiary/aromatic N) is 1. The van der Waals surface area contributed by atoms with Gasteiger partial charge in [0.1, 0.15) is 11.8 Å². The van der Waals surface area contributed by atoms with Crippen molar-refractivity contribution in [3.05, 3.63) is 24.2 Å². The van der Waals surface area contributed by atoms with Gasteiger partial charge in [-0.25, -0.2) is 0 Å². The van der Waals surface area contributed by atoms with Crippen LogP contribution < -0.4 is 5.32 Å². The van der Waals surface area contributed by atoms with Crippen LogP contribution in [0.5, 0.6) is 0 Å². The molecule has 1 saturated heterocycles. The van der Waals surface area contributed by atoms with Gasteiger partial charge in [-0.15, -0.1) is 0 Å². The molecule has 2 rings (SSSR count). The standard InChI is InChI=1S/C14H19F3N2O3/c15-14(16,17)9-19-5-1-3-10(7-19)13(21)18-11(8-20)12-4-2-6-22-12/h2,4,6,10-11,20H,1,3,5,7-9H2,(H,18,21). The van der Waals surface area contributed by atoms with E-state index in [0.29, 0.717) is 25.1 Å². The van der Waals surface area contributed by atoms with Crippen molar-refractivity contribution >= 4 is 5.91 Å². The van der Waals surface area contributed by atoms with Gasteiger partial charge >= 0.3 is 6.18 Å². The Morgan fingerprint density at radius 3 is 2.91 bits per heavy atom. The van der Waals surface area contributed by atoms with Crippen molar-refractivity contribution in [3.8, 4) is 0 Å². The van der Waals surface area contributed by atoms with Gasteiger partial charge in [-0.1, -0.05) is 0 Å². The zero-order valence-electron chi connectivity index (χ0n) is 12.0. The summed E-state index contributed by atoms with van der Waals surface area (Å²) in [7, 11) is 0. The van der Waals surface area contributed by atoms with Gasteiger partial charge in [0.2, 0.25) is 5.91 Å². The fraction of sp³-hybridized carbons (Fsp3) is 0.643. The zero-order valence-corrected chi connectivity index (χ0v) is 12.0. The molecule has 0 spiro atoms. The fourth-order valence-corrected chi connectivity index (χ4v) is 2.65. The number of likely N-dealkylation sites (tertiary alicyclic amines) is 1. The van der Waals surface area contributed by atoms with Crippen LogP contribution in [0.15, 0.2) is 22.8 Å². The summed E-state index contributed by atoms with van der Waals surface area (Å²) in [6.45, 7) is -0.927. The third-order valence-corrected chi connectivity index (χ3v) is 3.66. The minimum atomic E-state index is -4.26. The normalized spacial score (nSPS) is 21.5. The molecular weight excluding hydrogens is 301 g/mol. The molecule has 1 aromatic rings. The van der Waals surface area contributed by atoms with Gasteiger partial charge < -0.3 is 14.8 Å². The SMILES string of the molecule is O=C(NC(CO)c1ccco1)C1CCCN(CC(F)(F)F)C1. The van der Waals surface area contributed by atoms with E-state index >= 15 is 0 Å². The van der Waals surface area contributed by atoms with Crippen molar-refractivity contribution in [3.63, 3.8) is 0 Å². The third-order valence-electron chi connectivity index (χ3n) is 3.66. The number of amides is 1. The minimum Gasteiger partial charge on any atom is -0.467 e. The maximum Gasteiger partial charge on any atom is 0.401 e. The summed E-state index contributed by atoms with van der Waals surface area (Å²) in [5.41, 5.74) is 0. The van der Waals surface area contributed by atoms with E-state index < -0.39 is 24.7 Å². The lowest BCUT2D eigenvalue weighted by Gasteiger charge is -2.32. The first-order valence-electron chi connectivity index (χ1n) is 7.13. The molecule has 5 nitrogen and oxygen atoms in total. The largest absolute Gasteiger partial charge is 0.467 e. The first-order valence-corrected chi connectivity index (χ1v) is 7.13. The molecule has 2 heterocycles. The number of alkyl halides is 3. The Hall–Kier alpha value is -1.54. The van der Waals surface area contributed by atoms with Crippen LogP contribution >= 0.6 is 0 Å². The predicted octanol–water partition coefficient (Wildman–Crippen LogP) is 1.70. The van der Waals surface area contributed by atoms with Crippen LogP contribution in [0, 0.1) is 5.92 Å². The van der Waals surface area contributed by atoms with Crippen LogP contribution in [0.1, 0.15) is 24.6 Å². The van der Waals surface area contributed by atoms with Crippen molar-refractivity contribution in [2.24, 2.45) is 5.92 Å². The first-order chi connectivity index (χ1) is 10.4. The number of carbonyl (C=O) groups is 1. The molecule has 1 aliphatic heterocycles. The van der Waals surface area contributed by atoms with Gasteiger partial charge in [0, 0.05) is 6.54 Å². The second kappa shape index (κ2) is 7.15. The number of piperidine rings is 1. The molecule has 22 heavy (non-hydrogen) atoms. The second-order valence-electron chi connectivity index (χ2n) is 5.45. The van der Waals surface area contributed by atoms with Gasteiger partial charge in [0.15, 0.2) is 0 Å². The van der Waals surface area contributed by atoms with E-state index in [0.717, 1.165) is 0 Å². The molecule has 2 N–H and O–H groups in total. The van der Waals surface area contributed by atoms with E-state index in [-0.39, 0.29) is 19.1 Å². The molecule has 8 heteroatoms. The Kier molecular flexibility index (Phi) is 5.47. The number of nitrogens with one attached hydrogen (secondary N) is 1. The molecule has 124 valence electrons. The molecule has 1 aromatic heterocycles. The Bertz CT molecular complexity index is 476. The van der Waals surface area contributed by atoms with Gasteiger partial charge in [-0.2, -0.15) is 13.2 Å². The maximum atomic E-state index is 12.4. The second-order valence-corrected chi connectivity index (χ2v) is 5.45. The molecule has 1 aliphatic rings.